The molecule has 3 saturated heterocycles. The maximum absolute atomic E-state index is 13.4. The number of benzene rings is 2. The molecule has 1 atom stereocenters. The molecule has 0 radical (unpaired) electrons. The van der Waals surface area contributed by atoms with E-state index in [0.717, 1.165) is 105 Å². The smallest absolute Gasteiger partial charge is 0.255 e. The minimum absolute atomic E-state index is 0.0758. The van der Waals surface area contributed by atoms with Gasteiger partial charge in [-0.1, -0.05) is 69.9 Å². The predicted molar refractivity (Wildman–Crippen MR) is 259 cm³/mol. The fourth-order valence-corrected chi connectivity index (χ4v) is 10.8. The molecule has 65 heavy (non-hydrogen) atoms. The Labute approximate surface area is 390 Å². The minimum Gasteiger partial charge on any atom is -0.369 e. The summed E-state index contributed by atoms with van der Waals surface area (Å²) >= 11 is 1.81. The Balaban J connectivity index is 0.670. The molecule has 7 rings (SSSR count). The number of aromatic nitrogens is 1. The molecular weight excluding hydrogens is 835 g/mol. The summed E-state index contributed by atoms with van der Waals surface area (Å²) in [4.78, 5) is 76.5. The first-order valence-corrected chi connectivity index (χ1v) is 25.4. The number of carbonyl (C=O) groups is 5. The lowest BCUT2D eigenvalue weighted by Crippen LogP contribution is -2.52. The number of unbranched alkanes of at least 4 members (excludes halogenated alkanes) is 9. The quantitative estimate of drug-likeness (QED) is 0.0419. The van der Waals surface area contributed by atoms with E-state index in [1.165, 1.54) is 63.6 Å². The van der Waals surface area contributed by atoms with Crippen LogP contribution in [-0.2, 0) is 20.9 Å². The first-order chi connectivity index (χ1) is 31.8. The highest BCUT2D eigenvalue weighted by Crippen LogP contribution is 2.35. The first-order valence-electron chi connectivity index (χ1n) is 24.4. The van der Waals surface area contributed by atoms with Crippen LogP contribution in [0.5, 0.6) is 0 Å². The lowest BCUT2D eigenvalue weighted by molar-refractivity contribution is -0.137. The number of piperidine rings is 2. The molecule has 0 aliphatic carbocycles. The van der Waals surface area contributed by atoms with E-state index in [9.17, 15) is 24.0 Å². The van der Waals surface area contributed by atoms with Gasteiger partial charge in [0.1, 0.15) is 6.04 Å². The van der Waals surface area contributed by atoms with Gasteiger partial charge >= 0.3 is 0 Å². The summed E-state index contributed by atoms with van der Waals surface area (Å²) in [6.07, 6.45) is 24.1. The highest BCUT2D eigenvalue weighted by Gasteiger charge is 2.40. The zero-order valence-electron chi connectivity index (χ0n) is 38.2. The van der Waals surface area contributed by atoms with Crippen LogP contribution in [0.2, 0.25) is 0 Å². The predicted octanol–water partition coefficient (Wildman–Crippen LogP) is 8.12. The highest BCUT2D eigenvalue weighted by molar-refractivity contribution is 7.99. The van der Waals surface area contributed by atoms with E-state index in [1.807, 2.05) is 53.1 Å². The highest BCUT2D eigenvalue weighted by atomic mass is 32.2. The molecule has 348 valence electrons. The molecule has 13 heteroatoms. The molecule has 4 aliphatic rings. The van der Waals surface area contributed by atoms with E-state index in [2.05, 4.69) is 43.6 Å². The Morgan fingerprint density at radius 2 is 1.52 bits per heavy atom. The van der Waals surface area contributed by atoms with Gasteiger partial charge in [0.2, 0.25) is 17.7 Å². The monoisotopic (exact) mass is 904 g/mol. The van der Waals surface area contributed by atoms with Gasteiger partial charge in [-0.2, -0.15) is 0 Å². The van der Waals surface area contributed by atoms with Crippen LogP contribution in [0, 0.1) is 5.92 Å². The second-order valence-corrected chi connectivity index (χ2v) is 19.4. The molecular formula is C52H69N7O5S. The van der Waals surface area contributed by atoms with Crippen LogP contribution in [0.3, 0.4) is 0 Å². The summed E-state index contributed by atoms with van der Waals surface area (Å²) in [5.41, 5.74) is 4.61. The Morgan fingerprint density at radius 3 is 2.25 bits per heavy atom. The van der Waals surface area contributed by atoms with Crippen molar-refractivity contribution in [3.05, 3.63) is 95.3 Å². The summed E-state index contributed by atoms with van der Waals surface area (Å²) < 4.78 is 0. The number of nitrogens with one attached hydrogen (secondary N) is 2. The SMILES string of the molecule is O=C(/C=C/c1cccnc1)NCCCCC1CCN(C(=O)c2ccc(N3CCN(CCCCCCCCCCCSc4cccc5c4CN(C4CCC(=O)NC4=O)C5=O)CC3)cc2)CC1. The first kappa shape index (κ1) is 47.9. The molecule has 5 amide bonds. The molecule has 0 bridgehead atoms. The second-order valence-electron chi connectivity index (χ2n) is 18.2. The summed E-state index contributed by atoms with van der Waals surface area (Å²) in [6, 6.07) is 17.4. The van der Waals surface area contributed by atoms with Crippen molar-refractivity contribution in [1.29, 1.82) is 0 Å². The van der Waals surface area contributed by atoms with Gasteiger partial charge in [0.05, 0.1) is 0 Å². The fourth-order valence-electron chi connectivity index (χ4n) is 9.68. The third kappa shape index (κ3) is 14.2. The number of carbonyl (C=O) groups excluding carboxylic acids is 5. The summed E-state index contributed by atoms with van der Waals surface area (Å²) in [5.74, 6) is 0.989. The van der Waals surface area contributed by atoms with Crippen molar-refractivity contribution in [1.82, 2.24) is 30.3 Å². The molecule has 4 aliphatic heterocycles. The van der Waals surface area contributed by atoms with E-state index < -0.39 is 6.04 Å². The van der Waals surface area contributed by atoms with Crippen LogP contribution in [0.4, 0.5) is 5.69 Å². The molecule has 2 aromatic carbocycles. The van der Waals surface area contributed by atoms with E-state index in [-0.39, 0.29) is 36.0 Å². The number of piperazine rings is 1. The van der Waals surface area contributed by atoms with Crippen LogP contribution >= 0.6 is 11.8 Å². The van der Waals surface area contributed by atoms with E-state index in [4.69, 9.17) is 0 Å². The minimum atomic E-state index is -0.573. The Bertz CT molecular complexity index is 2060. The zero-order chi connectivity index (χ0) is 45.2. The van der Waals surface area contributed by atoms with Crippen molar-refractivity contribution in [2.45, 2.75) is 120 Å². The molecule has 5 heterocycles. The molecule has 0 saturated carbocycles. The second kappa shape index (κ2) is 25.0. The molecule has 12 nitrogen and oxygen atoms in total. The molecule has 1 unspecified atom stereocenters. The van der Waals surface area contributed by atoms with Crippen LogP contribution in [0.25, 0.3) is 6.08 Å². The number of nitrogens with zero attached hydrogens (tertiary/aromatic N) is 5. The summed E-state index contributed by atoms with van der Waals surface area (Å²) in [5, 5.41) is 5.36. The van der Waals surface area contributed by atoms with Gasteiger partial charge in [-0.25, -0.2) is 0 Å². The van der Waals surface area contributed by atoms with Gasteiger partial charge in [0.25, 0.3) is 11.8 Å². The molecule has 3 fully saturated rings. The van der Waals surface area contributed by atoms with Crippen molar-refractivity contribution in [3.63, 3.8) is 0 Å². The van der Waals surface area contributed by atoms with Crippen molar-refractivity contribution in [2.75, 3.05) is 63.0 Å². The van der Waals surface area contributed by atoms with Crippen LogP contribution < -0.4 is 15.5 Å². The third-order valence-corrected chi connectivity index (χ3v) is 14.8. The van der Waals surface area contributed by atoms with Crippen LogP contribution in [-0.4, -0.2) is 113 Å². The number of anilines is 1. The molecule has 1 aromatic heterocycles. The van der Waals surface area contributed by atoms with Gasteiger partial charge in [0.15, 0.2) is 0 Å². The van der Waals surface area contributed by atoms with E-state index in [1.54, 1.807) is 29.4 Å². The van der Waals surface area contributed by atoms with Gasteiger partial charge in [0, 0.05) is 99.0 Å². The summed E-state index contributed by atoms with van der Waals surface area (Å²) in [7, 11) is 0. The third-order valence-electron chi connectivity index (χ3n) is 13.6. The zero-order valence-corrected chi connectivity index (χ0v) is 39.0. The van der Waals surface area contributed by atoms with Crippen molar-refractivity contribution >= 4 is 53.1 Å². The number of likely N-dealkylation sites (tertiary alicyclic amines) is 1. The van der Waals surface area contributed by atoms with Gasteiger partial charge in [-0.05, 0) is 116 Å². The van der Waals surface area contributed by atoms with Crippen molar-refractivity contribution in [2.24, 2.45) is 5.92 Å². The maximum atomic E-state index is 13.4. The molecule has 0 spiro atoms. The van der Waals surface area contributed by atoms with Gasteiger partial charge < -0.3 is 20.0 Å². The van der Waals surface area contributed by atoms with E-state index >= 15 is 0 Å². The average molecular weight is 904 g/mol. The number of hydrogen-bond donors (Lipinski definition) is 2. The Kier molecular flexibility index (Phi) is 18.5. The molecule has 2 N–H and O–H groups in total. The Morgan fingerprint density at radius 1 is 0.785 bits per heavy atom. The van der Waals surface area contributed by atoms with Gasteiger partial charge in [-0.15, -0.1) is 11.8 Å². The number of fused-ring (bicyclic) bond motifs is 1. The lowest BCUT2D eigenvalue weighted by Gasteiger charge is -2.36. The average Bonchev–Trinajstić information content (AvgIpc) is 3.67. The van der Waals surface area contributed by atoms with Gasteiger partial charge in [-0.3, -0.25) is 39.2 Å². The number of amides is 5. The molecule has 3 aromatic rings. The number of rotatable bonds is 23. The van der Waals surface area contributed by atoms with Crippen LogP contribution in [0.15, 0.2) is 78.0 Å². The van der Waals surface area contributed by atoms with Crippen LogP contribution in [0.1, 0.15) is 135 Å². The summed E-state index contributed by atoms with van der Waals surface area (Å²) in [6.45, 7) is 8.11. The standard InChI is InChI=1S/C52H69N7O5S/c60-48(24-18-41-15-13-28-53-38-41)54-29-9-8-14-40-26-31-58(32-27-40)51(63)42-19-21-43(22-20-42)57-35-33-56(34-36-57)30-10-6-4-2-1-3-5-7-11-37-65-47-17-12-16-44-45(47)39-59(52(44)64)46-23-25-49(61)55-50(46)62/h12-13,15-22,24,28,38,40,46H,1-11,14,23,25-27,29-37,39H2,(H,54,60)(H,55,61,62)/b24-18+. The van der Waals surface area contributed by atoms with Crippen molar-refractivity contribution < 1.29 is 24.0 Å². The fraction of sp³-hybridized carbons (Fsp3) is 0.538. The topological polar surface area (TPSA) is 135 Å². The number of thioether (sulfide) groups is 1. The van der Waals surface area contributed by atoms with E-state index in [0.29, 0.717) is 31.0 Å². The lowest BCUT2D eigenvalue weighted by atomic mass is 9.91. The number of hydrogen-bond acceptors (Lipinski definition) is 9. The van der Waals surface area contributed by atoms with Crippen molar-refractivity contribution in [3.8, 4) is 0 Å². The number of pyridine rings is 1. The number of imide groups is 1. The largest absolute Gasteiger partial charge is 0.369 e. The Hall–Kier alpha value is -5.01. The normalized spacial score (nSPS) is 18.4. The maximum Gasteiger partial charge on any atom is 0.255 e.